The van der Waals surface area contributed by atoms with Gasteiger partial charge in [0.25, 0.3) is 0 Å². The lowest BCUT2D eigenvalue weighted by atomic mass is 10.6. The van der Waals surface area contributed by atoms with E-state index in [2.05, 4.69) is 15.4 Å². The molecule has 15 heavy (non-hydrogen) atoms. The van der Waals surface area contributed by atoms with Crippen molar-refractivity contribution in [2.24, 2.45) is 0 Å². The molecule has 1 unspecified atom stereocenters. The largest absolute Gasteiger partial charge is 0.419 e. The second-order valence-corrected chi connectivity index (χ2v) is 4.79. The number of hydrogen-bond acceptors (Lipinski definition) is 4. The monoisotopic (exact) mass is 272 g/mol. The number of nitrogens with one attached hydrogen (secondary N) is 1. The Morgan fingerprint density at radius 2 is 2.27 bits per heavy atom. The summed E-state index contributed by atoms with van der Waals surface area (Å²) in [6, 6.07) is 0. The van der Waals surface area contributed by atoms with Gasteiger partial charge in [-0.3, -0.25) is 0 Å². The first-order chi connectivity index (χ1) is 6.95. The molecule has 1 aromatic rings. The molecule has 1 heterocycles. The average Bonchev–Trinajstić information content (AvgIpc) is 2.64. The van der Waals surface area contributed by atoms with Crippen LogP contribution >= 0.6 is 34.8 Å². The fraction of sp³-hybridized carbons (Fsp3) is 0.500. The van der Waals surface area contributed by atoms with Crippen molar-refractivity contribution in [2.75, 3.05) is 7.05 Å². The zero-order valence-electron chi connectivity index (χ0n) is 7.52. The van der Waals surface area contributed by atoms with Crippen molar-refractivity contribution in [2.45, 2.75) is 10.0 Å². The Kier molecular flexibility index (Phi) is 4.01. The quantitative estimate of drug-likeness (QED) is 0.829. The first-order valence-electron chi connectivity index (χ1n) is 3.74. The van der Waals surface area contributed by atoms with Gasteiger partial charge >= 0.3 is 6.09 Å². The number of alkyl halides is 3. The van der Waals surface area contributed by atoms with E-state index in [9.17, 15) is 4.79 Å². The van der Waals surface area contributed by atoms with Gasteiger partial charge in [0.1, 0.15) is 12.7 Å². The smallest absolute Gasteiger partial charge is 0.409 e. The fourth-order valence-electron chi connectivity index (χ4n) is 0.770. The maximum absolute atomic E-state index is 11.0. The van der Waals surface area contributed by atoms with Gasteiger partial charge in [-0.1, -0.05) is 34.8 Å². The molecular formula is C6H7Cl3N4O2. The molecule has 0 spiro atoms. The number of carbonyl (C=O) groups is 1. The highest BCUT2D eigenvalue weighted by Gasteiger charge is 2.38. The van der Waals surface area contributed by atoms with Gasteiger partial charge < -0.3 is 10.1 Å². The number of nitrogens with zero attached hydrogens (tertiary/aromatic N) is 3. The Balaban J connectivity index is 2.85. The number of hydrogen-bond donors (Lipinski definition) is 1. The minimum absolute atomic E-state index is 0.734. The SMILES string of the molecule is CNC(=O)OC(n1cncn1)C(Cl)(Cl)Cl. The van der Waals surface area contributed by atoms with Gasteiger partial charge in [0, 0.05) is 7.05 Å². The van der Waals surface area contributed by atoms with Crippen LogP contribution in [0.3, 0.4) is 0 Å². The summed E-state index contributed by atoms with van der Waals surface area (Å²) in [5.74, 6) is 0. The van der Waals surface area contributed by atoms with E-state index in [0.29, 0.717) is 0 Å². The van der Waals surface area contributed by atoms with Gasteiger partial charge in [-0.2, -0.15) is 5.10 Å². The third-order valence-electron chi connectivity index (χ3n) is 1.38. The van der Waals surface area contributed by atoms with Gasteiger partial charge in [-0.15, -0.1) is 0 Å². The van der Waals surface area contributed by atoms with Crippen molar-refractivity contribution >= 4 is 40.9 Å². The number of carbonyl (C=O) groups excluding carboxylic acids is 1. The number of aromatic nitrogens is 3. The molecule has 6 nitrogen and oxygen atoms in total. The maximum atomic E-state index is 11.0. The summed E-state index contributed by atoms with van der Waals surface area (Å²) >= 11 is 16.9. The topological polar surface area (TPSA) is 69.0 Å². The van der Waals surface area contributed by atoms with E-state index >= 15 is 0 Å². The van der Waals surface area contributed by atoms with Gasteiger partial charge in [0.15, 0.2) is 0 Å². The second-order valence-electron chi connectivity index (χ2n) is 2.42. The average molecular weight is 274 g/mol. The van der Waals surface area contributed by atoms with Crippen molar-refractivity contribution in [3.63, 3.8) is 0 Å². The van der Waals surface area contributed by atoms with Crippen molar-refractivity contribution < 1.29 is 9.53 Å². The van der Waals surface area contributed by atoms with Crippen molar-refractivity contribution in [3.8, 4) is 0 Å². The minimum Gasteiger partial charge on any atom is -0.419 e. The van der Waals surface area contributed by atoms with E-state index in [1.54, 1.807) is 0 Å². The van der Waals surface area contributed by atoms with E-state index in [4.69, 9.17) is 39.5 Å². The van der Waals surface area contributed by atoms with E-state index in [1.165, 1.54) is 19.7 Å². The molecule has 1 atom stereocenters. The van der Waals surface area contributed by atoms with Gasteiger partial charge in [0.05, 0.1) is 0 Å². The zero-order valence-corrected chi connectivity index (χ0v) is 9.79. The molecule has 0 aliphatic carbocycles. The molecule has 0 aliphatic heterocycles. The molecule has 0 fully saturated rings. The van der Waals surface area contributed by atoms with Gasteiger partial charge in [-0.25, -0.2) is 14.5 Å². The number of rotatable bonds is 2. The first kappa shape index (κ1) is 12.4. The Morgan fingerprint density at radius 1 is 1.60 bits per heavy atom. The summed E-state index contributed by atoms with van der Waals surface area (Å²) in [5, 5.41) is 5.95. The number of alkyl carbamates (subject to hydrolysis) is 1. The predicted octanol–water partition coefficient (Wildman–Crippen LogP) is 1.50. The van der Waals surface area contributed by atoms with Crippen LogP contribution in [0.5, 0.6) is 0 Å². The minimum atomic E-state index is -1.83. The van der Waals surface area contributed by atoms with E-state index < -0.39 is 16.1 Å². The number of halogens is 3. The van der Waals surface area contributed by atoms with Crippen LogP contribution in [-0.2, 0) is 4.74 Å². The fourth-order valence-corrected chi connectivity index (χ4v) is 1.20. The molecule has 1 N–H and O–H groups in total. The van der Waals surface area contributed by atoms with Gasteiger partial charge in [0.2, 0.25) is 10.0 Å². The summed E-state index contributed by atoms with van der Waals surface area (Å²) in [5.41, 5.74) is 0. The van der Waals surface area contributed by atoms with Crippen LogP contribution in [-0.4, -0.2) is 31.7 Å². The summed E-state index contributed by atoms with van der Waals surface area (Å²) in [4.78, 5) is 14.6. The molecule has 84 valence electrons. The molecule has 1 rings (SSSR count). The Bertz CT molecular complexity index is 324. The summed E-state index contributed by atoms with van der Waals surface area (Å²) in [6.07, 6.45) is 0.596. The van der Waals surface area contributed by atoms with Crippen LogP contribution in [0.25, 0.3) is 0 Å². The molecule has 0 radical (unpaired) electrons. The standard InChI is InChI=1S/C6H7Cl3N4O2/c1-10-5(14)15-4(6(7,8)9)13-3-11-2-12-13/h2-4H,1H3,(H,10,14). The van der Waals surface area contributed by atoms with Crippen LogP contribution in [0.2, 0.25) is 0 Å². The molecule has 0 saturated heterocycles. The molecule has 9 heteroatoms. The van der Waals surface area contributed by atoms with Crippen LogP contribution in [0.4, 0.5) is 4.79 Å². The Hall–Kier alpha value is -0.720. The summed E-state index contributed by atoms with van der Waals surface area (Å²) in [7, 11) is 1.39. The first-order valence-corrected chi connectivity index (χ1v) is 4.87. The van der Waals surface area contributed by atoms with E-state index in [1.807, 2.05) is 0 Å². The van der Waals surface area contributed by atoms with Crippen molar-refractivity contribution in [1.82, 2.24) is 20.1 Å². The number of ether oxygens (including phenoxy) is 1. The summed E-state index contributed by atoms with van der Waals surface area (Å²) in [6.45, 7) is 0. The van der Waals surface area contributed by atoms with Crippen LogP contribution in [0.15, 0.2) is 12.7 Å². The van der Waals surface area contributed by atoms with Gasteiger partial charge in [-0.05, 0) is 0 Å². The highest BCUT2D eigenvalue weighted by atomic mass is 35.6. The highest BCUT2D eigenvalue weighted by Crippen LogP contribution is 2.38. The zero-order chi connectivity index (χ0) is 11.5. The lowest BCUT2D eigenvalue weighted by molar-refractivity contribution is 0.0510. The Labute approximate surface area is 100 Å². The molecular weight excluding hydrogens is 266 g/mol. The van der Waals surface area contributed by atoms with Crippen molar-refractivity contribution in [3.05, 3.63) is 12.7 Å². The molecule has 1 aromatic heterocycles. The lowest BCUT2D eigenvalue weighted by Crippen LogP contribution is -2.32. The second kappa shape index (κ2) is 4.87. The third-order valence-corrected chi connectivity index (χ3v) is 1.94. The molecule has 1 amide bonds. The Morgan fingerprint density at radius 3 is 2.67 bits per heavy atom. The normalized spacial score (nSPS) is 13.3. The highest BCUT2D eigenvalue weighted by molar-refractivity contribution is 6.67. The molecule has 0 aliphatic rings. The predicted molar refractivity (Wildman–Crippen MR) is 54.9 cm³/mol. The van der Waals surface area contributed by atoms with Crippen LogP contribution in [0.1, 0.15) is 6.23 Å². The van der Waals surface area contributed by atoms with Crippen molar-refractivity contribution in [1.29, 1.82) is 0 Å². The van der Waals surface area contributed by atoms with E-state index in [-0.39, 0.29) is 0 Å². The molecule has 0 saturated carbocycles. The van der Waals surface area contributed by atoms with Crippen LogP contribution < -0.4 is 5.32 Å². The maximum Gasteiger partial charge on any atom is 0.409 e. The third kappa shape index (κ3) is 3.40. The number of amides is 1. The summed E-state index contributed by atoms with van der Waals surface area (Å²) < 4.78 is 4.12. The van der Waals surface area contributed by atoms with Crippen LogP contribution in [0, 0.1) is 0 Å². The molecule has 0 bridgehead atoms. The molecule has 0 aromatic carbocycles. The lowest BCUT2D eigenvalue weighted by Gasteiger charge is -2.23. The van der Waals surface area contributed by atoms with E-state index in [0.717, 1.165) is 4.68 Å².